The third kappa shape index (κ3) is 3.68. The van der Waals surface area contributed by atoms with Gasteiger partial charge in [0, 0.05) is 24.3 Å². The topological polar surface area (TPSA) is 52.7 Å². The lowest BCUT2D eigenvalue weighted by Gasteiger charge is -2.29. The number of carbonyl (C=O) groups excluding carboxylic acids is 2. The van der Waals surface area contributed by atoms with Crippen LogP contribution in [0.3, 0.4) is 0 Å². The second-order valence-electron chi connectivity index (χ2n) is 5.92. The van der Waals surface area contributed by atoms with Gasteiger partial charge in [0.05, 0.1) is 5.69 Å². The highest BCUT2D eigenvalue weighted by atomic mass is 79.9. The van der Waals surface area contributed by atoms with Crippen molar-refractivity contribution in [1.82, 2.24) is 5.32 Å². The summed E-state index contributed by atoms with van der Waals surface area (Å²) in [5.74, 6) is -0.942. The largest absolute Gasteiger partial charge is 0.378 e. The van der Waals surface area contributed by atoms with E-state index in [0.717, 1.165) is 15.7 Å². The number of anilines is 2. The van der Waals surface area contributed by atoms with Gasteiger partial charge in [0.15, 0.2) is 5.11 Å². The molecule has 1 heterocycles. The molecule has 0 bridgehead atoms. The maximum Gasteiger partial charge on any atom is 0.270 e. The first-order valence-electron chi connectivity index (χ1n) is 7.81. The van der Waals surface area contributed by atoms with Gasteiger partial charge in [-0.2, -0.15) is 0 Å². The van der Waals surface area contributed by atoms with E-state index in [0.29, 0.717) is 5.69 Å². The molecule has 0 unspecified atom stereocenters. The summed E-state index contributed by atoms with van der Waals surface area (Å²) in [6.07, 6.45) is 1.57. The van der Waals surface area contributed by atoms with Crippen LogP contribution in [0.4, 0.5) is 11.4 Å². The molecule has 0 radical (unpaired) electrons. The predicted octanol–water partition coefficient (Wildman–Crippen LogP) is 3.35. The van der Waals surface area contributed by atoms with Crippen LogP contribution in [0.2, 0.25) is 0 Å². The predicted molar refractivity (Wildman–Crippen MR) is 111 cm³/mol. The fourth-order valence-electron chi connectivity index (χ4n) is 2.52. The van der Waals surface area contributed by atoms with Crippen LogP contribution < -0.4 is 15.1 Å². The summed E-state index contributed by atoms with van der Waals surface area (Å²) in [6, 6.07) is 14.7. The normalized spacial score (nSPS) is 16.0. The molecule has 1 aliphatic heterocycles. The number of hydrogen-bond donors (Lipinski definition) is 1. The third-order valence-electron chi connectivity index (χ3n) is 3.91. The Morgan fingerprint density at radius 1 is 1.04 bits per heavy atom. The lowest BCUT2D eigenvalue weighted by Crippen LogP contribution is -2.54. The first kappa shape index (κ1) is 18.3. The molecule has 0 aromatic heterocycles. The molecule has 7 heteroatoms. The van der Waals surface area contributed by atoms with Crippen molar-refractivity contribution in [2.75, 3.05) is 23.9 Å². The number of hydrogen-bond acceptors (Lipinski definition) is 4. The molecule has 2 aromatic rings. The van der Waals surface area contributed by atoms with Crippen LogP contribution in [-0.2, 0) is 9.59 Å². The SMILES string of the molecule is CN(C)c1ccc(C=C2C(=O)NC(=S)N(c3ccc(Br)cc3)C2=O)cc1. The van der Waals surface area contributed by atoms with Gasteiger partial charge in [0.1, 0.15) is 5.57 Å². The van der Waals surface area contributed by atoms with Crippen molar-refractivity contribution in [1.29, 1.82) is 0 Å². The zero-order chi connectivity index (χ0) is 18.8. The Morgan fingerprint density at radius 2 is 1.65 bits per heavy atom. The van der Waals surface area contributed by atoms with E-state index in [-0.39, 0.29) is 10.7 Å². The van der Waals surface area contributed by atoms with Crippen LogP contribution in [0.25, 0.3) is 6.08 Å². The standard InChI is InChI=1S/C19H16BrN3O2S/c1-22(2)14-7-3-12(4-8-14)11-16-17(24)21-19(26)23(18(16)25)15-9-5-13(20)6-10-15/h3-11H,1-2H3,(H,21,24,26). The van der Waals surface area contributed by atoms with E-state index >= 15 is 0 Å². The zero-order valence-electron chi connectivity index (χ0n) is 14.2. The van der Waals surface area contributed by atoms with Crippen LogP contribution in [0.1, 0.15) is 5.56 Å². The van der Waals surface area contributed by atoms with E-state index < -0.39 is 11.8 Å². The minimum Gasteiger partial charge on any atom is -0.378 e. The van der Waals surface area contributed by atoms with Crippen LogP contribution in [0.15, 0.2) is 58.6 Å². The Balaban J connectivity index is 1.95. The molecule has 1 aliphatic rings. The molecule has 5 nitrogen and oxygen atoms in total. The third-order valence-corrected chi connectivity index (χ3v) is 4.72. The zero-order valence-corrected chi connectivity index (χ0v) is 16.6. The molecule has 26 heavy (non-hydrogen) atoms. The summed E-state index contributed by atoms with van der Waals surface area (Å²) in [4.78, 5) is 28.5. The highest BCUT2D eigenvalue weighted by molar-refractivity contribution is 9.10. The second-order valence-corrected chi connectivity index (χ2v) is 7.22. The van der Waals surface area contributed by atoms with Crippen LogP contribution in [-0.4, -0.2) is 31.0 Å². The fourth-order valence-corrected chi connectivity index (χ4v) is 3.06. The van der Waals surface area contributed by atoms with Crippen LogP contribution >= 0.6 is 28.1 Å². The van der Waals surface area contributed by atoms with Gasteiger partial charge in [0.25, 0.3) is 11.8 Å². The number of halogens is 1. The Hall–Kier alpha value is -2.51. The van der Waals surface area contributed by atoms with Gasteiger partial charge in [0.2, 0.25) is 0 Å². The molecular formula is C19H16BrN3O2S. The number of benzene rings is 2. The lowest BCUT2D eigenvalue weighted by molar-refractivity contribution is -0.122. The van der Waals surface area contributed by atoms with E-state index in [4.69, 9.17) is 12.2 Å². The Bertz CT molecular complexity index is 905. The summed E-state index contributed by atoms with van der Waals surface area (Å²) in [5.41, 5.74) is 2.43. The van der Waals surface area contributed by atoms with Crippen molar-refractivity contribution >= 4 is 62.5 Å². The molecule has 0 saturated carbocycles. The van der Waals surface area contributed by atoms with Gasteiger partial charge in [-0.15, -0.1) is 0 Å². The first-order valence-corrected chi connectivity index (χ1v) is 9.01. The molecule has 132 valence electrons. The summed E-state index contributed by atoms with van der Waals surface area (Å²) < 4.78 is 0.886. The van der Waals surface area contributed by atoms with Crippen molar-refractivity contribution in [3.05, 3.63) is 64.1 Å². The van der Waals surface area contributed by atoms with Gasteiger partial charge >= 0.3 is 0 Å². The number of carbonyl (C=O) groups is 2. The van der Waals surface area contributed by atoms with Crippen molar-refractivity contribution in [2.24, 2.45) is 0 Å². The first-order chi connectivity index (χ1) is 12.4. The summed E-state index contributed by atoms with van der Waals surface area (Å²) in [5, 5.41) is 2.65. The number of nitrogens with zero attached hydrogens (tertiary/aromatic N) is 2. The molecule has 1 saturated heterocycles. The van der Waals surface area contributed by atoms with Crippen LogP contribution in [0, 0.1) is 0 Å². The molecule has 1 fully saturated rings. The maximum absolute atomic E-state index is 12.9. The smallest absolute Gasteiger partial charge is 0.270 e. The van der Waals surface area contributed by atoms with E-state index in [9.17, 15) is 9.59 Å². The Labute approximate surface area is 165 Å². The summed E-state index contributed by atoms with van der Waals surface area (Å²) in [6.45, 7) is 0. The summed E-state index contributed by atoms with van der Waals surface area (Å²) >= 11 is 8.55. The molecule has 0 atom stereocenters. The lowest BCUT2D eigenvalue weighted by atomic mass is 10.1. The molecule has 3 rings (SSSR count). The Kier molecular flexibility index (Phi) is 5.20. The molecule has 2 aromatic carbocycles. The second kappa shape index (κ2) is 7.39. The summed E-state index contributed by atoms with van der Waals surface area (Å²) in [7, 11) is 3.89. The van der Waals surface area contributed by atoms with Gasteiger partial charge < -0.3 is 4.90 Å². The quantitative estimate of drug-likeness (QED) is 0.461. The van der Waals surface area contributed by atoms with Gasteiger partial charge in [-0.3, -0.25) is 19.8 Å². The van der Waals surface area contributed by atoms with Gasteiger partial charge in [-0.25, -0.2) is 0 Å². The molecule has 1 N–H and O–H groups in total. The highest BCUT2D eigenvalue weighted by Crippen LogP contribution is 2.24. The number of nitrogens with one attached hydrogen (secondary N) is 1. The molecule has 0 spiro atoms. The van der Waals surface area contributed by atoms with Crippen LogP contribution in [0.5, 0.6) is 0 Å². The monoisotopic (exact) mass is 429 g/mol. The molecule has 0 aliphatic carbocycles. The van der Waals surface area contributed by atoms with E-state index in [1.54, 1.807) is 18.2 Å². The average Bonchev–Trinajstić information content (AvgIpc) is 2.60. The van der Waals surface area contributed by atoms with E-state index in [1.165, 1.54) is 4.90 Å². The fraction of sp³-hybridized carbons (Fsp3) is 0.105. The number of rotatable bonds is 3. The minimum absolute atomic E-state index is 0.0409. The molecular weight excluding hydrogens is 414 g/mol. The highest BCUT2D eigenvalue weighted by Gasteiger charge is 2.34. The number of amides is 2. The Morgan fingerprint density at radius 3 is 2.23 bits per heavy atom. The van der Waals surface area contributed by atoms with E-state index in [2.05, 4.69) is 21.2 Å². The van der Waals surface area contributed by atoms with Gasteiger partial charge in [-0.1, -0.05) is 28.1 Å². The average molecular weight is 430 g/mol. The van der Waals surface area contributed by atoms with E-state index in [1.807, 2.05) is 55.4 Å². The van der Waals surface area contributed by atoms with Crippen molar-refractivity contribution in [3.8, 4) is 0 Å². The maximum atomic E-state index is 12.9. The van der Waals surface area contributed by atoms with Crippen molar-refractivity contribution < 1.29 is 9.59 Å². The van der Waals surface area contributed by atoms with Gasteiger partial charge in [-0.05, 0) is 60.3 Å². The number of thiocarbonyl (C=S) groups is 1. The molecule has 2 amide bonds. The van der Waals surface area contributed by atoms with Crippen molar-refractivity contribution in [3.63, 3.8) is 0 Å². The minimum atomic E-state index is -0.495. The van der Waals surface area contributed by atoms with Crippen molar-refractivity contribution in [2.45, 2.75) is 0 Å².